The molecular formula is C13H13BrClN3O. The maximum absolute atomic E-state index is 11.9. The van der Waals surface area contributed by atoms with Crippen LogP contribution >= 0.6 is 27.5 Å². The number of aromatic amines is 1. The van der Waals surface area contributed by atoms with Gasteiger partial charge in [-0.05, 0) is 24.6 Å². The number of nitrogens with one attached hydrogen (secondary N) is 2. The lowest BCUT2D eigenvalue weighted by molar-refractivity contribution is 0.0953. The first-order valence-corrected chi connectivity index (χ1v) is 7.05. The summed E-state index contributed by atoms with van der Waals surface area (Å²) in [6.07, 6.45) is 5.13. The molecule has 0 radical (unpaired) electrons. The van der Waals surface area contributed by atoms with Crippen molar-refractivity contribution >= 4 is 33.4 Å². The summed E-state index contributed by atoms with van der Waals surface area (Å²) in [4.78, 5) is 19.1. The smallest absolute Gasteiger partial charge is 0.252 e. The van der Waals surface area contributed by atoms with Gasteiger partial charge in [0.25, 0.3) is 5.91 Å². The lowest BCUT2D eigenvalue weighted by Crippen LogP contribution is -2.25. The third-order valence-corrected chi connectivity index (χ3v) is 3.43. The molecule has 1 heterocycles. The van der Waals surface area contributed by atoms with E-state index < -0.39 is 0 Å². The Morgan fingerprint density at radius 3 is 3.05 bits per heavy atom. The number of benzene rings is 1. The van der Waals surface area contributed by atoms with Gasteiger partial charge in [0.2, 0.25) is 0 Å². The quantitative estimate of drug-likeness (QED) is 0.820. The Hall–Kier alpha value is -1.33. The van der Waals surface area contributed by atoms with Gasteiger partial charge in [0.1, 0.15) is 5.82 Å². The average Bonchev–Trinajstić information content (AvgIpc) is 2.90. The molecule has 0 atom stereocenters. The molecule has 100 valence electrons. The van der Waals surface area contributed by atoms with Crippen LogP contribution in [0.1, 0.15) is 22.6 Å². The highest BCUT2D eigenvalue weighted by atomic mass is 79.9. The maximum atomic E-state index is 11.9. The fourth-order valence-electron chi connectivity index (χ4n) is 1.66. The Balaban J connectivity index is 1.82. The van der Waals surface area contributed by atoms with Crippen LogP contribution in [0, 0.1) is 0 Å². The van der Waals surface area contributed by atoms with E-state index in [4.69, 9.17) is 11.6 Å². The number of H-pyrrole nitrogens is 1. The van der Waals surface area contributed by atoms with Crippen molar-refractivity contribution in [2.24, 2.45) is 0 Å². The molecule has 1 aromatic heterocycles. The molecule has 0 aliphatic rings. The maximum Gasteiger partial charge on any atom is 0.252 e. The summed E-state index contributed by atoms with van der Waals surface area (Å²) < 4.78 is 0.831. The highest BCUT2D eigenvalue weighted by molar-refractivity contribution is 9.10. The number of carbonyl (C=O) groups is 1. The van der Waals surface area contributed by atoms with Crippen molar-refractivity contribution in [3.05, 3.63) is 51.5 Å². The van der Waals surface area contributed by atoms with Crippen molar-refractivity contribution in [1.29, 1.82) is 0 Å². The van der Waals surface area contributed by atoms with Crippen LogP contribution in [-0.2, 0) is 6.42 Å². The number of hydrogen-bond acceptors (Lipinski definition) is 2. The fourth-order valence-corrected chi connectivity index (χ4v) is 2.22. The summed E-state index contributed by atoms with van der Waals surface area (Å²) >= 11 is 9.31. The first-order valence-electron chi connectivity index (χ1n) is 5.88. The molecule has 0 saturated carbocycles. The van der Waals surface area contributed by atoms with Gasteiger partial charge >= 0.3 is 0 Å². The number of nitrogens with zero attached hydrogens (tertiary/aromatic N) is 1. The lowest BCUT2D eigenvalue weighted by Gasteiger charge is -2.06. The van der Waals surface area contributed by atoms with Gasteiger partial charge in [-0.3, -0.25) is 4.79 Å². The van der Waals surface area contributed by atoms with Crippen LogP contribution in [0.5, 0.6) is 0 Å². The third-order valence-electron chi connectivity index (χ3n) is 2.60. The largest absolute Gasteiger partial charge is 0.352 e. The van der Waals surface area contributed by atoms with Crippen LogP contribution in [0.4, 0.5) is 0 Å². The van der Waals surface area contributed by atoms with E-state index in [2.05, 4.69) is 31.2 Å². The van der Waals surface area contributed by atoms with E-state index >= 15 is 0 Å². The summed E-state index contributed by atoms with van der Waals surface area (Å²) in [6.45, 7) is 0.586. The van der Waals surface area contributed by atoms with Gasteiger partial charge in [-0.2, -0.15) is 0 Å². The van der Waals surface area contributed by atoms with Crippen molar-refractivity contribution in [2.45, 2.75) is 12.8 Å². The topological polar surface area (TPSA) is 57.8 Å². The van der Waals surface area contributed by atoms with E-state index in [1.54, 1.807) is 30.6 Å². The van der Waals surface area contributed by atoms with Gasteiger partial charge in [0, 0.05) is 29.8 Å². The average molecular weight is 343 g/mol. The molecule has 4 nitrogen and oxygen atoms in total. The second-order valence-electron chi connectivity index (χ2n) is 4.02. The molecule has 0 aliphatic heterocycles. The zero-order valence-electron chi connectivity index (χ0n) is 10.1. The molecule has 2 rings (SSSR count). The van der Waals surface area contributed by atoms with Crippen molar-refractivity contribution < 1.29 is 4.79 Å². The molecule has 2 aromatic rings. The zero-order valence-corrected chi connectivity index (χ0v) is 12.5. The Bertz CT molecular complexity index is 557. The number of aryl methyl sites for hydroxylation is 1. The Labute approximate surface area is 124 Å². The third kappa shape index (κ3) is 4.08. The standard InChI is InChI=1S/C13H13BrClN3O/c14-9-3-4-11(15)10(8-9)13(19)18-5-1-2-12-16-6-7-17-12/h3-4,6-8H,1-2,5H2,(H,16,17)(H,18,19). The van der Waals surface area contributed by atoms with Crippen molar-refractivity contribution in [1.82, 2.24) is 15.3 Å². The lowest BCUT2D eigenvalue weighted by atomic mass is 10.2. The number of hydrogen-bond donors (Lipinski definition) is 2. The molecule has 0 spiro atoms. The molecule has 0 fully saturated rings. The van der Waals surface area contributed by atoms with E-state index in [1.165, 1.54) is 0 Å². The van der Waals surface area contributed by atoms with E-state index in [0.29, 0.717) is 17.1 Å². The molecule has 0 saturated heterocycles. The molecule has 0 unspecified atom stereocenters. The number of aromatic nitrogens is 2. The normalized spacial score (nSPS) is 10.4. The second-order valence-corrected chi connectivity index (χ2v) is 5.34. The number of halogens is 2. The Morgan fingerprint density at radius 1 is 1.47 bits per heavy atom. The minimum Gasteiger partial charge on any atom is -0.352 e. The van der Waals surface area contributed by atoms with Crippen LogP contribution in [-0.4, -0.2) is 22.4 Å². The van der Waals surface area contributed by atoms with Crippen LogP contribution in [0.2, 0.25) is 5.02 Å². The fraction of sp³-hybridized carbons (Fsp3) is 0.231. The highest BCUT2D eigenvalue weighted by Gasteiger charge is 2.10. The van der Waals surface area contributed by atoms with E-state index in [-0.39, 0.29) is 5.91 Å². The zero-order chi connectivity index (χ0) is 13.7. The molecule has 6 heteroatoms. The van der Waals surface area contributed by atoms with Crippen molar-refractivity contribution in [3.63, 3.8) is 0 Å². The monoisotopic (exact) mass is 341 g/mol. The number of imidazole rings is 1. The molecular weight excluding hydrogens is 330 g/mol. The second kappa shape index (κ2) is 6.73. The summed E-state index contributed by atoms with van der Waals surface area (Å²) in [5, 5.41) is 3.29. The number of rotatable bonds is 5. The van der Waals surface area contributed by atoms with E-state index in [1.807, 2.05) is 0 Å². The van der Waals surface area contributed by atoms with E-state index in [9.17, 15) is 4.79 Å². The van der Waals surface area contributed by atoms with Crippen LogP contribution in [0.3, 0.4) is 0 Å². The van der Waals surface area contributed by atoms with Crippen molar-refractivity contribution in [3.8, 4) is 0 Å². The van der Waals surface area contributed by atoms with E-state index in [0.717, 1.165) is 23.1 Å². The van der Waals surface area contributed by atoms with Crippen LogP contribution in [0.15, 0.2) is 35.1 Å². The summed E-state index contributed by atoms with van der Waals surface area (Å²) in [5.41, 5.74) is 0.481. The molecule has 2 N–H and O–H groups in total. The molecule has 0 aliphatic carbocycles. The summed E-state index contributed by atoms with van der Waals surface area (Å²) in [7, 11) is 0. The predicted octanol–water partition coefficient (Wildman–Crippen LogP) is 3.19. The Kier molecular flexibility index (Phi) is 4.99. The SMILES string of the molecule is O=C(NCCCc1ncc[nH]1)c1cc(Br)ccc1Cl. The van der Waals surface area contributed by atoms with Gasteiger partial charge in [-0.1, -0.05) is 27.5 Å². The molecule has 19 heavy (non-hydrogen) atoms. The summed E-state index contributed by atoms with van der Waals surface area (Å²) in [5.74, 6) is 0.764. The molecule has 1 amide bonds. The van der Waals surface area contributed by atoms with Crippen LogP contribution < -0.4 is 5.32 Å². The number of amides is 1. The predicted molar refractivity (Wildman–Crippen MR) is 78.4 cm³/mol. The minimum absolute atomic E-state index is 0.161. The first-order chi connectivity index (χ1) is 9.16. The van der Waals surface area contributed by atoms with Gasteiger partial charge in [0.15, 0.2) is 0 Å². The van der Waals surface area contributed by atoms with Gasteiger partial charge in [-0.25, -0.2) is 4.98 Å². The summed E-state index contributed by atoms with van der Waals surface area (Å²) in [6, 6.07) is 5.21. The van der Waals surface area contributed by atoms with Crippen molar-refractivity contribution in [2.75, 3.05) is 6.54 Å². The Morgan fingerprint density at radius 2 is 2.32 bits per heavy atom. The van der Waals surface area contributed by atoms with Gasteiger partial charge in [-0.15, -0.1) is 0 Å². The molecule has 0 bridgehead atoms. The van der Waals surface area contributed by atoms with Gasteiger partial charge in [0.05, 0.1) is 10.6 Å². The highest BCUT2D eigenvalue weighted by Crippen LogP contribution is 2.20. The minimum atomic E-state index is -0.161. The number of carbonyl (C=O) groups excluding carboxylic acids is 1. The van der Waals surface area contributed by atoms with Gasteiger partial charge < -0.3 is 10.3 Å². The first kappa shape index (κ1) is 14.1. The van der Waals surface area contributed by atoms with Crippen LogP contribution in [0.25, 0.3) is 0 Å². The molecule has 1 aromatic carbocycles.